The number of H-pyrrole nitrogens is 2. The van der Waals surface area contributed by atoms with Gasteiger partial charge in [-0.25, -0.2) is 14.8 Å². The molecule has 0 saturated heterocycles. The van der Waals surface area contributed by atoms with Gasteiger partial charge in [0.1, 0.15) is 5.65 Å². The van der Waals surface area contributed by atoms with Gasteiger partial charge in [-0.3, -0.25) is 24.9 Å². The molecular weight excluding hydrogens is 354 g/mol. The second-order valence-electron chi connectivity index (χ2n) is 5.93. The molecule has 26 heavy (non-hydrogen) atoms. The predicted octanol–water partition coefficient (Wildman–Crippen LogP) is 2.09. The summed E-state index contributed by atoms with van der Waals surface area (Å²) in [5, 5.41) is 3.33. The molecular formula is C17H13N5O3S. The number of pyridine rings is 1. The number of nitrogens with one attached hydrogen (secondary N) is 3. The van der Waals surface area contributed by atoms with E-state index in [-0.39, 0.29) is 16.6 Å². The number of anilines is 1. The van der Waals surface area contributed by atoms with Crippen LogP contribution < -0.4 is 16.6 Å². The minimum absolute atomic E-state index is 0.126. The van der Waals surface area contributed by atoms with E-state index in [2.05, 4.69) is 25.3 Å². The number of rotatable bonds is 2. The van der Waals surface area contributed by atoms with E-state index >= 15 is 0 Å². The topological polar surface area (TPSA) is 121 Å². The van der Waals surface area contributed by atoms with Gasteiger partial charge in [-0.05, 0) is 37.1 Å². The molecule has 1 aromatic carbocycles. The van der Waals surface area contributed by atoms with Crippen LogP contribution in [0.15, 0.2) is 34.0 Å². The molecule has 0 spiro atoms. The highest BCUT2D eigenvalue weighted by molar-refractivity contribution is 7.22. The molecule has 0 atom stereocenters. The third-order valence-electron chi connectivity index (χ3n) is 3.90. The number of nitrogens with zero attached hydrogens (tertiary/aromatic N) is 2. The van der Waals surface area contributed by atoms with Gasteiger partial charge in [0.25, 0.3) is 11.5 Å². The number of aromatic amines is 2. The summed E-state index contributed by atoms with van der Waals surface area (Å²) in [6.07, 6.45) is 1.30. The first-order valence-electron chi connectivity index (χ1n) is 7.72. The van der Waals surface area contributed by atoms with Crippen LogP contribution in [0.3, 0.4) is 0 Å². The van der Waals surface area contributed by atoms with Gasteiger partial charge in [0, 0.05) is 6.20 Å². The molecule has 0 aliphatic heterocycles. The van der Waals surface area contributed by atoms with E-state index in [0.717, 1.165) is 21.3 Å². The number of fused-ring (bicyclic) bond motifs is 2. The van der Waals surface area contributed by atoms with E-state index in [0.29, 0.717) is 5.13 Å². The number of thiazole rings is 1. The minimum atomic E-state index is -0.646. The number of aromatic nitrogens is 4. The maximum Gasteiger partial charge on any atom is 0.327 e. The van der Waals surface area contributed by atoms with Crippen LogP contribution >= 0.6 is 11.3 Å². The lowest BCUT2D eigenvalue weighted by Gasteiger charge is -2.02. The summed E-state index contributed by atoms with van der Waals surface area (Å²) in [5.74, 6) is -0.432. The molecule has 8 nitrogen and oxygen atoms in total. The monoisotopic (exact) mass is 367 g/mol. The summed E-state index contributed by atoms with van der Waals surface area (Å²) in [5.41, 5.74) is 2.09. The van der Waals surface area contributed by atoms with Crippen LogP contribution in [0, 0.1) is 13.8 Å². The third-order valence-corrected chi connectivity index (χ3v) is 4.82. The first kappa shape index (κ1) is 16.2. The molecule has 4 rings (SSSR count). The maximum absolute atomic E-state index is 12.5. The molecule has 0 fully saturated rings. The van der Waals surface area contributed by atoms with Crippen molar-refractivity contribution >= 4 is 43.6 Å². The standard InChI is InChI=1S/C17H13N5O3S/c1-7-3-8(2)12-11(4-7)26-17(19-12)22-14(23)9-5-10-13(18-6-9)20-16(25)21-15(10)24/h3-6H,1-2H3,(H,19,22,23)(H2,18,20,21,24,25). The zero-order valence-electron chi connectivity index (χ0n) is 13.8. The Bertz CT molecular complexity index is 1300. The average molecular weight is 367 g/mol. The fourth-order valence-corrected chi connectivity index (χ4v) is 3.80. The summed E-state index contributed by atoms with van der Waals surface area (Å²) in [7, 11) is 0. The summed E-state index contributed by atoms with van der Waals surface area (Å²) in [6.45, 7) is 3.98. The van der Waals surface area contributed by atoms with Crippen LogP contribution in [0.4, 0.5) is 5.13 Å². The molecule has 0 saturated carbocycles. The van der Waals surface area contributed by atoms with Crippen molar-refractivity contribution in [2.75, 3.05) is 5.32 Å². The van der Waals surface area contributed by atoms with Crippen molar-refractivity contribution < 1.29 is 4.79 Å². The highest BCUT2D eigenvalue weighted by atomic mass is 32.1. The number of amides is 1. The molecule has 0 aliphatic carbocycles. The Kier molecular flexibility index (Phi) is 3.66. The molecule has 4 aromatic rings. The number of hydrogen-bond donors (Lipinski definition) is 3. The molecule has 0 aliphatic rings. The van der Waals surface area contributed by atoms with Crippen molar-refractivity contribution in [3.05, 3.63) is 61.9 Å². The second kappa shape index (κ2) is 5.88. The van der Waals surface area contributed by atoms with Crippen LogP contribution in [0.5, 0.6) is 0 Å². The molecule has 1 amide bonds. The molecule has 130 valence electrons. The van der Waals surface area contributed by atoms with Gasteiger partial charge >= 0.3 is 5.69 Å². The number of benzene rings is 1. The predicted molar refractivity (Wildman–Crippen MR) is 100 cm³/mol. The lowest BCUT2D eigenvalue weighted by Crippen LogP contribution is -2.23. The van der Waals surface area contributed by atoms with E-state index in [1.54, 1.807) is 0 Å². The Hall–Kier alpha value is -3.33. The Balaban J connectivity index is 1.70. The van der Waals surface area contributed by atoms with Crippen molar-refractivity contribution in [3.63, 3.8) is 0 Å². The van der Waals surface area contributed by atoms with E-state index in [9.17, 15) is 14.4 Å². The van der Waals surface area contributed by atoms with Crippen LogP contribution in [-0.4, -0.2) is 25.8 Å². The van der Waals surface area contributed by atoms with Gasteiger partial charge in [-0.1, -0.05) is 17.4 Å². The van der Waals surface area contributed by atoms with Gasteiger partial charge in [-0.15, -0.1) is 0 Å². The van der Waals surface area contributed by atoms with Crippen LogP contribution in [0.25, 0.3) is 21.3 Å². The molecule has 3 heterocycles. The largest absolute Gasteiger partial charge is 0.327 e. The van der Waals surface area contributed by atoms with Gasteiger partial charge in [0.2, 0.25) is 0 Å². The summed E-state index contributed by atoms with van der Waals surface area (Å²) < 4.78 is 0.989. The van der Waals surface area contributed by atoms with Crippen LogP contribution in [0.1, 0.15) is 21.5 Å². The summed E-state index contributed by atoms with van der Waals surface area (Å²) >= 11 is 1.38. The summed E-state index contributed by atoms with van der Waals surface area (Å²) in [4.78, 5) is 48.6. The SMILES string of the molecule is Cc1cc(C)c2nc(NC(=O)c3cnc4[nH]c(=O)[nH]c(=O)c4c3)sc2c1. The van der Waals surface area contributed by atoms with E-state index in [1.807, 2.05) is 26.0 Å². The van der Waals surface area contributed by atoms with Gasteiger partial charge in [0.15, 0.2) is 5.13 Å². The Morgan fingerprint density at radius 1 is 1.15 bits per heavy atom. The number of carbonyl (C=O) groups excluding carboxylic acids is 1. The van der Waals surface area contributed by atoms with Crippen molar-refractivity contribution in [3.8, 4) is 0 Å². The molecule has 9 heteroatoms. The molecule has 0 radical (unpaired) electrons. The molecule has 0 unspecified atom stereocenters. The van der Waals surface area contributed by atoms with Crippen LogP contribution in [0.2, 0.25) is 0 Å². The highest BCUT2D eigenvalue weighted by Gasteiger charge is 2.13. The fraction of sp³-hybridized carbons (Fsp3) is 0.118. The first-order chi connectivity index (χ1) is 12.4. The number of carbonyl (C=O) groups is 1. The van der Waals surface area contributed by atoms with Gasteiger partial charge < -0.3 is 0 Å². The number of aryl methyl sites for hydroxylation is 2. The lowest BCUT2D eigenvalue weighted by molar-refractivity contribution is 0.102. The second-order valence-corrected chi connectivity index (χ2v) is 6.96. The fourth-order valence-electron chi connectivity index (χ4n) is 2.76. The van der Waals surface area contributed by atoms with Crippen LogP contribution in [-0.2, 0) is 0 Å². The normalized spacial score (nSPS) is 11.2. The van der Waals surface area contributed by atoms with Crippen molar-refractivity contribution in [1.29, 1.82) is 0 Å². The summed E-state index contributed by atoms with van der Waals surface area (Å²) in [6, 6.07) is 5.44. The Morgan fingerprint density at radius 2 is 1.96 bits per heavy atom. The van der Waals surface area contributed by atoms with E-state index in [1.165, 1.54) is 23.6 Å². The van der Waals surface area contributed by atoms with Crippen molar-refractivity contribution in [2.24, 2.45) is 0 Å². The average Bonchev–Trinajstić information content (AvgIpc) is 2.97. The Morgan fingerprint density at radius 3 is 2.77 bits per heavy atom. The first-order valence-corrected chi connectivity index (χ1v) is 8.54. The minimum Gasteiger partial charge on any atom is -0.298 e. The van der Waals surface area contributed by atoms with E-state index < -0.39 is 17.2 Å². The Labute approximate surface area is 150 Å². The number of hydrogen-bond acceptors (Lipinski definition) is 6. The van der Waals surface area contributed by atoms with Gasteiger partial charge in [-0.2, -0.15) is 0 Å². The lowest BCUT2D eigenvalue weighted by atomic mass is 10.1. The van der Waals surface area contributed by atoms with Crippen molar-refractivity contribution in [1.82, 2.24) is 19.9 Å². The van der Waals surface area contributed by atoms with Crippen molar-refractivity contribution in [2.45, 2.75) is 13.8 Å². The quantitative estimate of drug-likeness (QED) is 0.501. The van der Waals surface area contributed by atoms with Gasteiger partial charge in [0.05, 0.1) is 21.2 Å². The zero-order valence-corrected chi connectivity index (χ0v) is 14.7. The smallest absolute Gasteiger partial charge is 0.298 e. The molecule has 3 aromatic heterocycles. The maximum atomic E-state index is 12.5. The third kappa shape index (κ3) is 2.78. The van der Waals surface area contributed by atoms with E-state index in [4.69, 9.17) is 0 Å². The molecule has 0 bridgehead atoms. The highest BCUT2D eigenvalue weighted by Crippen LogP contribution is 2.29. The molecule has 3 N–H and O–H groups in total. The zero-order chi connectivity index (χ0) is 18.4.